The van der Waals surface area contributed by atoms with Crippen LogP contribution in [-0.4, -0.2) is 9.97 Å². The number of para-hydroxylation sites is 1. The zero-order chi connectivity index (χ0) is 15.0. The van der Waals surface area contributed by atoms with E-state index in [2.05, 4.69) is 40.3 Å². The van der Waals surface area contributed by atoms with Crippen molar-refractivity contribution in [2.75, 3.05) is 0 Å². The summed E-state index contributed by atoms with van der Waals surface area (Å²) in [5.74, 6) is 0. The van der Waals surface area contributed by atoms with E-state index >= 15 is 0 Å². The molecule has 2 heterocycles. The number of nitrogens with zero attached hydrogens (tertiary/aromatic N) is 2. The van der Waals surface area contributed by atoms with Gasteiger partial charge in [-0.15, -0.1) is 0 Å². The van der Waals surface area contributed by atoms with Crippen molar-refractivity contribution >= 4 is 10.9 Å². The van der Waals surface area contributed by atoms with Gasteiger partial charge in [0.1, 0.15) is 0 Å². The monoisotopic (exact) mass is 477 g/mol. The van der Waals surface area contributed by atoms with E-state index in [1.54, 1.807) is 12.4 Å². The van der Waals surface area contributed by atoms with Crippen molar-refractivity contribution < 1.29 is 20.1 Å². The van der Waals surface area contributed by atoms with Crippen LogP contribution in [0.15, 0.2) is 97.3 Å². The Kier molecular flexibility index (Phi) is 6.61. The van der Waals surface area contributed by atoms with E-state index in [-0.39, 0.29) is 20.1 Å². The molecule has 0 amide bonds. The predicted molar refractivity (Wildman–Crippen MR) is 91.4 cm³/mol. The summed E-state index contributed by atoms with van der Waals surface area (Å²) in [5, 5.41) is 1.18. The molecule has 112 valence electrons. The number of aromatic nitrogens is 2. The molecule has 2 aromatic heterocycles. The molecule has 0 N–H and O–H groups in total. The summed E-state index contributed by atoms with van der Waals surface area (Å²) < 4.78 is 0. The standard InChI is InChI=1S/C15H11N.C5H5N.Ir/c1-2-6-12(7-3-1)15-11-10-13-8-4-5-9-14(13)16-15;1-2-4-6-5-3-1;/h1-11H;1-5H;/q;;+3. The Hall–Kier alpha value is -2.35. The Morgan fingerprint density at radius 3 is 1.87 bits per heavy atom. The molecular weight excluding hydrogens is 460 g/mol. The normalized spacial score (nSPS) is 9.39. The van der Waals surface area contributed by atoms with Crippen molar-refractivity contribution in [1.82, 2.24) is 9.97 Å². The minimum Gasteiger partial charge on any atom is -0.265 e. The first-order valence-corrected chi connectivity index (χ1v) is 7.20. The molecule has 3 heteroatoms. The van der Waals surface area contributed by atoms with Crippen LogP contribution in [0, 0.1) is 0 Å². The third-order valence-corrected chi connectivity index (χ3v) is 3.23. The second kappa shape index (κ2) is 8.94. The molecule has 2 nitrogen and oxygen atoms in total. The van der Waals surface area contributed by atoms with Gasteiger partial charge < -0.3 is 0 Å². The number of pyridine rings is 2. The minimum atomic E-state index is 0. The largest absolute Gasteiger partial charge is 3.00 e. The molecule has 0 fully saturated rings. The van der Waals surface area contributed by atoms with Crippen molar-refractivity contribution in [3.63, 3.8) is 0 Å². The first-order valence-electron chi connectivity index (χ1n) is 7.20. The summed E-state index contributed by atoms with van der Waals surface area (Å²) >= 11 is 0. The average molecular weight is 477 g/mol. The van der Waals surface area contributed by atoms with Crippen LogP contribution in [0.25, 0.3) is 22.2 Å². The smallest absolute Gasteiger partial charge is 0.265 e. The van der Waals surface area contributed by atoms with Crippen LogP contribution in [0.5, 0.6) is 0 Å². The van der Waals surface area contributed by atoms with Gasteiger partial charge in [0.2, 0.25) is 0 Å². The van der Waals surface area contributed by atoms with Crippen molar-refractivity contribution in [2.24, 2.45) is 0 Å². The molecular formula is C20H16IrN2+3. The maximum absolute atomic E-state index is 4.65. The molecule has 0 aliphatic rings. The Labute approximate surface area is 149 Å². The van der Waals surface area contributed by atoms with E-state index in [4.69, 9.17) is 0 Å². The fourth-order valence-corrected chi connectivity index (χ4v) is 2.15. The summed E-state index contributed by atoms with van der Waals surface area (Å²) in [7, 11) is 0. The van der Waals surface area contributed by atoms with Crippen LogP contribution in [0.2, 0.25) is 0 Å². The Balaban J connectivity index is 0.000000234. The van der Waals surface area contributed by atoms with Gasteiger partial charge in [-0.2, -0.15) is 0 Å². The van der Waals surface area contributed by atoms with Crippen LogP contribution in [0.1, 0.15) is 0 Å². The molecule has 2 aromatic carbocycles. The van der Waals surface area contributed by atoms with Gasteiger partial charge in [0, 0.05) is 23.3 Å². The summed E-state index contributed by atoms with van der Waals surface area (Å²) in [5.41, 5.74) is 3.23. The van der Waals surface area contributed by atoms with Gasteiger partial charge in [-0.05, 0) is 24.3 Å². The molecule has 0 aliphatic heterocycles. The van der Waals surface area contributed by atoms with Crippen molar-refractivity contribution in [3.8, 4) is 11.3 Å². The van der Waals surface area contributed by atoms with Crippen LogP contribution in [-0.2, 0) is 20.1 Å². The van der Waals surface area contributed by atoms with Gasteiger partial charge in [0.15, 0.2) is 0 Å². The van der Waals surface area contributed by atoms with E-state index in [9.17, 15) is 0 Å². The van der Waals surface area contributed by atoms with Gasteiger partial charge in [-0.3, -0.25) is 4.98 Å². The third kappa shape index (κ3) is 4.82. The van der Waals surface area contributed by atoms with Crippen molar-refractivity contribution in [3.05, 3.63) is 97.3 Å². The number of hydrogen-bond acceptors (Lipinski definition) is 2. The molecule has 0 spiro atoms. The quantitative estimate of drug-likeness (QED) is 0.387. The van der Waals surface area contributed by atoms with Gasteiger partial charge >= 0.3 is 20.1 Å². The summed E-state index contributed by atoms with van der Waals surface area (Å²) in [4.78, 5) is 8.43. The molecule has 0 saturated heterocycles. The molecule has 0 saturated carbocycles. The first kappa shape index (κ1) is 17.0. The second-order valence-corrected chi connectivity index (χ2v) is 4.78. The fraction of sp³-hybridized carbons (Fsp3) is 0. The zero-order valence-electron chi connectivity index (χ0n) is 12.5. The minimum absolute atomic E-state index is 0. The van der Waals surface area contributed by atoms with Crippen LogP contribution < -0.4 is 0 Å². The third-order valence-electron chi connectivity index (χ3n) is 3.23. The second-order valence-electron chi connectivity index (χ2n) is 4.78. The fourth-order valence-electron chi connectivity index (χ4n) is 2.15. The van der Waals surface area contributed by atoms with E-state index < -0.39 is 0 Å². The molecule has 23 heavy (non-hydrogen) atoms. The van der Waals surface area contributed by atoms with Crippen LogP contribution in [0.4, 0.5) is 0 Å². The number of rotatable bonds is 1. The maximum atomic E-state index is 4.65. The summed E-state index contributed by atoms with van der Waals surface area (Å²) in [6.07, 6.45) is 3.50. The van der Waals surface area contributed by atoms with Crippen molar-refractivity contribution in [2.45, 2.75) is 0 Å². The number of fused-ring (bicyclic) bond motifs is 1. The van der Waals surface area contributed by atoms with E-state index in [1.807, 2.05) is 54.6 Å². The van der Waals surface area contributed by atoms with Crippen LogP contribution >= 0.6 is 0 Å². The van der Waals surface area contributed by atoms with Gasteiger partial charge in [0.05, 0.1) is 11.2 Å². The Morgan fingerprint density at radius 2 is 1.22 bits per heavy atom. The number of hydrogen-bond donors (Lipinski definition) is 0. The van der Waals surface area contributed by atoms with Gasteiger partial charge in [-0.1, -0.05) is 60.7 Å². The molecule has 0 bridgehead atoms. The Bertz CT molecular complexity index is 807. The molecule has 0 radical (unpaired) electrons. The first-order chi connectivity index (χ1) is 10.9. The van der Waals surface area contributed by atoms with Crippen molar-refractivity contribution in [1.29, 1.82) is 0 Å². The average Bonchev–Trinajstić information content (AvgIpc) is 2.64. The SMILES string of the molecule is [Ir+3].c1ccc(-c2ccc3ccccc3n2)cc1.c1ccncc1. The predicted octanol–water partition coefficient (Wildman–Crippen LogP) is 4.98. The van der Waals surface area contributed by atoms with E-state index in [0.29, 0.717) is 0 Å². The topological polar surface area (TPSA) is 25.8 Å². The molecule has 4 rings (SSSR count). The molecule has 0 aliphatic carbocycles. The Morgan fingerprint density at radius 1 is 0.565 bits per heavy atom. The van der Waals surface area contributed by atoms with Gasteiger partial charge in [-0.25, -0.2) is 4.98 Å². The van der Waals surface area contributed by atoms with E-state index in [1.165, 1.54) is 5.39 Å². The summed E-state index contributed by atoms with van der Waals surface area (Å²) in [6, 6.07) is 28.3. The zero-order valence-corrected chi connectivity index (χ0v) is 14.9. The maximum Gasteiger partial charge on any atom is 3.00 e. The van der Waals surface area contributed by atoms with Gasteiger partial charge in [0.25, 0.3) is 0 Å². The van der Waals surface area contributed by atoms with Crippen LogP contribution in [0.3, 0.4) is 0 Å². The molecule has 0 unspecified atom stereocenters. The summed E-state index contributed by atoms with van der Waals surface area (Å²) in [6.45, 7) is 0. The molecule has 0 atom stereocenters. The molecule has 4 aromatic rings. The number of benzene rings is 2. The van der Waals surface area contributed by atoms with E-state index in [0.717, 1.165) is 16.8 Å².